The molecule has 130 valence electrons. The molecule has 1 heterocycles. The fourth-order valence-corrected chi connectivity index (χ4v) is 3.78. The Morgan fingerprint density at radius 2 is 1.56 bits per heavy atom. The Morgan fingerprint density at radius 1 is 0.889 bits per heavy atom. The summed E-state index contributed by atoms with van der Waals surface area (Å²) in [6.07, 6.45) is 0. The third kappa shape index (κ3) is 2.90. The maximum absolute atomic E-state index is 13.1. The summed E-state index contributed by atoms with van der Waals surface area (Å²) < 4.78 is 1.31. The smallest absolute Gasteiger partial charge is 0.263 e. The van der Waals surface area contributed by atoms with Crippen molar-refractivity contribution in [2.24, 2.45) is 0 Å². The highest BCUT2D eigenvalue weighted by molar-refractivity contribution is 6.40. The summed E-state index contributed by atoms with van der Waals surface area (Å²) in [5, 5.41) is 11.7. The van der Waals surface area contributed by atoms with Crippen LogP contribution in [0.4, 0.5) is 0 Å². The summed E-state index contributed by atoms with van der Waals surface area (Å²) >= 11 is 12.9. The van der Waals surface area contributed by atoms with Crippen LogP contribution in [-0.4, -0.2) is 10.5 Å². The van der Waals surface area contributed by atoms with Crippen LogP contribution < -0.4 is 0 Å². The van der Waals surface area contributed by atoms with Gasteiger partial charge in [-0.3, -0.25) is 9.36 Å². The Hall–Kier alpha value is -3.06. The van der Waals surface area contributed by atoms with E-state index in [4.69, 9.17) is 23.2 Å². The summed E-state index contributed by atoms with van der Waals surface area (Å²) in [5.74, 6) is -0.341. The van der Waals surface area contributed by atoms with Crippen LogP contribution in [0.5, 0.6) is 0 Å². The molecule has 3 nitrogen and oxygen atoms in total. The van der Waals surface area contributed by atoms with Crippen molar-refractivity contribution in [3.8, 4) is 17.3 Å². The first-order valence-corrected chi connectivity index (χ1v) is 8.96. The van der Waals surface area contributed by atoms with Crippen molar-refractivity contribution >= 4 is 39.9 Å². The lowest BCUT2D eigenvalue weighted by Crippen LogP contribution is -2.13. The van der Waals surface area contributed by atoms with Crippen molar-refractivity contribution in [2.75, 3.05) is 0 Å². The van der Waals surface area contributed by atoms with Gasteiger partial charge in [-0.25, -0.2) is 0 Å². The number of nitriles is 1. The minimum atomic E-state index is -0.341. The summed E-state index contributed by atoms with van der Waals surface area (Å²) in [5.41, 5.74) is 1.67. The monoisotopic (exact) mass is 390 g/mol. The van der Waals surface area contributed by atoms with Crippen LogP contribution in [0.3, 0.4) is 0 Å². The number of rotatable bonds is 2. The zero-order valence-electron chi connectivity index (χ0n) is 14.0. The molecular formula is C22H12Cl2N2O. The number of nitrogens with zero attached hydrogens (tertiary/aromatic N) is 2. The molecule has 0 aliphatic rings. The van der Waals surface area contributed by atoms with Gasteiger partial charge in [0, 0.05) is 11.1 Å². The fraction of sp³-hybridized carbons (Fsp3) is 0. The molecule has 0 unspecified atom stereocenters. The van der Waals surface area contributed by atoms with Gasteiger partial charge in [0.05, 0.1) is 10.7 Å². The largest absolute Gasteiger partial charge is 0.268 e. The molecular weight excluding hydrogens is 379 g/mol. The van der Waals surface area contributed by atoms with Gasteiger partial charge in [0.15, 0.2) is 0 Å². The van der Waals surface area contributed by atoms with E-state index in [0.29, 0.717) is 16.8 Å². The molecule has 0 radical (unpaired) electrons. The molecule has 0 aliphatic heterocycles. The van der Waals surface area contributed by atoms with Crippen LogP contribution in [0, 0.1) is 11.3 Å². The lowest BCUT2D eigenvalue weighted by atomic mass is 10.0. The normalized spacial score (nSPS) is 10.7. The lowest BCUT2D eigenvalue weighted by Gasteiger charge is -2.11. The fourth-order valence-electron chi connectivity index (χ4n) is 3.11. The molecule has 0 spiro atoms. The molecule has 0 N–H and O–H groups in total. The van der Waals surface area contributed by atoms with Crippen LogP contribution in [0.1, 0.15) is 15.9 Å². The Morgan fingerprint density at radius 3 is 2.26 bits per heavy atom. The Kier molecular flexibility index (Phi) is 4.45. The molecule has 0 fully saturated rings. The van der Waals surface area contributed by atoms with Crippen molar-refractivity contribution in [1.29, 1.82) is 5.26 Å². The van der Waals surface area contributed by atoms with Crippen LogP contribution in [-0.2, 0) is 0 Å². The van der Waals surface area contributed by atoms with E-state index in [1.807, 2.05) is 54.6 Å². The third-order valence-electron chi connectivity index (χ3n) is 4.41. The number of carbonyl (C=O) groups excluding carboxylic acids is 1. The molecule has 5 heteroatoms. The van der Waals surface area contributed by atoms with Gasteiger partial charge in [-0.1, -0.05) is 77.8 Å². The van der Waals surface area contributed by atoms with E-state index in [9.17, 15) is 10.1 Å². The average molecular weight is 391 g/mol. The average Bonchev–Trinajstić information content (AvgIpc) is 2.97. The maximum Gasteiger partial charge on any atom is 0.263 e. The summed E-state index contributed by atoms with van der Waals surface area (Å²) in [4.78, 5) is 13.1. The molecule has 0 atom stereocenters. The van der Waals surface area contributed by atoms with E-state index in [1.165, 1.54) is 4.57 Å². The number of benzene rings is 3. The van der Waals surface area contributed by atoms with E-state index in [0.717, 1.165) is 10.8 Å². The van der Waals surface area contributed by atoms with Crippen molar-refractivity contribution in [2.45, 2.75) is 0 Å². The number of hydrogen-bond acceptors (Lipinski definition) is 2. The van der Waals surface area contributed by atoms with Crippen molar-refractivity contribution in [3.63, 3.8) is 0 Å². The van der Waals surface area contributed by atoms with E-state index in [1.54, 1.807) is 24.3 Å². The molecule has 3 aromatic carbocycles. The van der Waals surface area contributed by atoms with Gasteiger partial charge in [-0.15, -0.1) is 0 Å². The van der Waals surface area contributed by atoms with E-state index >= 15 is 0 Å². The van der Waals surface area contributed by atoms with E-state index in [2.05, 4.69) is 0 Å². The first kappa shape index (κ1) is 17.4. The van der Waals surface area contributed by atoms with Gasteiger partial charge in [0.1, 0.15) is 16.8 Å². The second kappa shape index (κ2) is 6.92. The predicted octanol–water partition coefficient (Wildman–Crippen LogP) is 6.18. The van der Waals surface area contributed by atoms with Gasteiger partial charge in [-0.2, -0.15) is 5.26 Å². The molecule has 0 bridgehead atoms. The third-order valence-corrected chi connectivity index (χ3v) is 5.14. The first-order chi connectivity index (χ1) is 13.1. The van der Waals surface area contributed by atoms with Crippen LogP contribution in [0.15, 0.2) is 72.8 Å². The van der Waals surface area contributed by atoms with E-state index in [-0.39, 0.29) is 21.6 Å². The quantitative estimate of drug-likeness (QED) is 0.410. The zero-order chi connectivity index (χ0) is 19.0. The molecule has 0 aliphatic carbocycles. The SMILES string of the molecule is N#Cc1c(Cl)c(-c2ccc3ccccc3c2)n(C(=O)c2ccccc2)c1Cl. The maximum atomic E-state index is 13.1. The molecule has 27 heavy (non-hydrogen) atoms. The van der Waals surface area contributed by atoms with Crippen molar-refractivity contribution in [3.05, 3.63) is 94.1 Å². The number of aromatic nitrogens is 1. The summed E-state index contributed by atoms with van der Waals surface area (Å²) in [6, 6.07) is 24.4. The molecule has 1 aromatic heterocycles. The van der Waals surface area contributed by atoms with Crippen LogP contribution in [0.2, 0.25) is 10.2 Å². The highest BCUT2D eigenvalue weighted by Crippen LogP contribution is 2.39. The van der Waals surface area contributed by atoms with Crippen molar-refractivity contribution in [1.82, 2.24) is 4.57 Å². The van der Waals surface area contributed by atoms with Crippen molar-refractivity contribution < 1.29 is 4.79 Å². The predicted molar refractivity (Wildman–Crippen MR) is 108 cm³/mol. The van der Waals surface area contributed by atoms with Crippen LogP contribution >= 0.6 is 23.2 Å². The van der Waals surface area contributed by atoms with Gasteiger partial charge < -0.3 is 0 Å². The Labute approximate surface area is 166 Å². The van der Waals surface area contributed by atoms with Gasteiger partial charge in [-0.05, 0) is 29.0 Å². The standard InChI is InChI=1S/C22H12Cl2N2O/c23-19-18(13-25)21(24)26(22(27)15-7-2-1-3-8-15)20(19)17-11-10-14-6-4-5-9-16(14)12-17/h1-12H. The molecule has 0 saturated carbocycles. The lowest BCUT2D eigenvalue weighted by molar-refractivity contribution is 0.0962. The number of carbonyl (C=O) groups is 1. The number of fused-ring (bicyclic) bond motifs is 1. The summed E-state index contributed by atoms with van der Waals surface area (Å²) in [6.45, 7) is 0. The topological polar surface area (TPSA) is 45.8 Å². The highest BCUT2D eigenvalue weighted by Gasteiger charge is 2.26. The molecule has 4 aromatic rings. The van der Waals surface area contributed by atoms with Crippen LogP contribution in [0.25, 0.3) is 22.0 Å². The minimum Gasteiger partial charge on any atom is -0.268 e. The zero-order valence-corrected chi connectivity index (χ0v) is 15.5. The second-order valence-corrected chi connectivity index (χ2v) is 6.74. The first-order valence-electron chi connectivity index (χ1n) is 8.20. The number of hydrogen-bond donors (Lipinski definition) is 0. The number of halogens is 2. The van der Waals surface area contributed by atoms with Gasteiger partial charge in [0.2, 0.25) is 0 Å². The Bertz CT molecular complexity index is 1220. The molecule has 0 saturated heterocycles. The molecule has 4 rings (SSSR count). The van der Waals surface area contributed by atoms with Gasteiger partial charge in [0.25, 0.3) is 5.91 Å². The molecule has 0 amide bonds. The van der Waals surface area contributed by atoms with Gasteiger partial charge >= 0.3 is 0 Å². The van der Waals surface area contributed by atoms with E-state index < -0.39 is 0 Å². The second-order valence-electron chi connectivity index (χ2n) is 6.01. The summed E-state index contributed by atoms with van der Waals surface area (Å²) in [7, 11) is 0. The minimum absolute atomic E-state index is 0.0134. The Balaban J connectivity index is 1.99. The highest BCUT2D eigenvalue weighted by atomic mass is 35.5.